The maximum absolute atomic E-state index is 13.1. The largest absolute Gasteiger partial charge is 0.495 e. The second kappa shape index (κ2) is 5.15. The molecule has 0 heterocycles. The Kier molecular flexibility index (Phi) is 3.73. The van der Waals surface area contributed by atoms with Crippen molar-refractivity contribution in [2.75, 3.05) is 12.8 Å². The zero-order valence-corrected chi connectivity index (χ0v) is 10.8. The Morgan fingerprint density at radius 1 is 1.53 bits per heavy atom. The van der Waals surface area contributed by atoms with Gasteiger partial charge in [-0.25, -0.2) is 8.78 Å². The number of ether oxygens (including phenoxy) is 1. The summed E-state index contributed by atoms with van der Waals surface area (Å²) in [6, 6.07) is 4.94. The lowest BCUT2D eigenvalue weighted by molar-refractivity contribution is 0.00497. The first kappa shape index (κ1) is 13.8. The van der Waals surface area contributed by atoms with Crippen molar-refractivity contribution in [3.8, 4) is 5.75 Å². The van der Waals surface area contributed by atoms with Crippen molar-refractivity contribution in [3.63, 3.8) is 0 Å². The van der Waals surface area contributed by atoms with Gasteiger partial charge in [0.15, 0.2) is 5.78 Å². The number of nitrogens with two attached hydrogens (primary N) is 1. The Labute approximate surface area is 110 Å². The van der Waals surface area contributed by atoms with Crippen LogP contribution in [0.2, 0.25) is 0 Å². The third-order valence-electron chi connectivity index (χ3n) is 3.57. The van der Waals surface area contributed by atoms with Crippen molar-refractivity contribution < 1.29 is 18.3 Å². The Hall–Kier alpha value is -1.65. The van der Waals surface area contributed by atoms with Crippen molar-refractivity contribution in [2.24, 2.45) is 5.92 Å². The average Bonchev–Trinajstić information content (AvgIpc) is 2.68. The molecule has 2 rings (SSSR count). The third-order valence-corrected chi connectivity index (χ3v) is 3.57. The minimum absolute atomic E-state index is 0.118. The third kappa shape index (κ3) is 3.03. The molecular weight excluding hydrogens is 252 g/mol. The van der Waals surface area contributed by atoms with Crippen LogP contribution in [0.15, 0.2) is 18.2 Å². The molecular formula is C14H17F2NO2. The van der Waals surface area contributed by atoms with E-state index in [4.69, 9.17) is 10.5 Å². The molecule has 0 amide bonds. The Morgan fingerprint density at radius 2 is 2.26 bits per heavy atom. The van der Waals surface area contributed by atoms with Gasteiger partial charge in [-0.05, 0) is 24.5 Å². The molecule has 0 radical (unpaired) electrons. The number of benzene rings is 1. The maximum Gasteiger partial charge on any atom is 0.248 e. The summed E-state index contributed by atoms with van der Waals surface area (Å²) < 4.78 is 31.2. The lowest BCUT2D eigenvalue weighted by Gasteiger charge is -2.12. The van der Waals surface area contributed by atoms with Crippen molar-refractivity contribution >= 4 is 11.5 Å². The fourth-order valence-electron chi connectivity index (χ4n) is 2.55. The first-order valence-corrected chi connectivity index (χ1v) is 6.26. The molecule has 5 heteroatoms. The van der Waals surface area contributed by atoms with Crippen molar-refractivity contribution in [3.05, 3.63) is 23.8 Å². The number of carbonyl (C=O) groups excluding carboxylic acids is 1. The minimum Gasteiger partial charge on any atom is -0.495 e. The summed E-state index contributed by atoms with van der Waals surface area (Å²) in [5, 5.41) is 0. The standard InChI is InChI=1S/C14H17F2NO2/c1-19-12-4-2-3-10(13(12)17)11(18)7-9-5-6-14(15,16)8-9/h2-4,9H,5-8,17H2,1H3. The van der Waals surface area contributed by atoms with Crippen LogP contribution in [0.5, 0.6) is 5.75 Å². The number of hydrogen-bond donors (Lipinski definition) is 1. The van der Waals surface area contributed by atoms with Crippen LogP contribution < -0.4 is 10.5 Å². The number of nitrogen functional groups attached to an aromatic ring is 1. The maximum atomic E-state index is 13.1. The van der Waals surface area contributed by atoms with Crippen LogP contribution in [0, 0.1) is 5.92 Å². The SMILES string of the molecule is COc1cccc(C(=O)CC2CCC(F)(F)C2)c1N. The van der Waals surface area contributed by atoms with Gasteiger partial charge in [0.25, 0.3) is 0 Å². The predicted octanol–water partition coefficient (Wildman–Crippen LogP) is 3.29. The number of hydrogen-bond acceptors (Lipinski definition) is 3. The summed E-state index contributed by atoms with van der Waals surface area (Å²) in [5.41, 5.74) is 6.46. The Bertz CT molecular complexity index is 488. The van der Waals surface area contributed by atoms with Crippen molar-refractivity contribution in [1.29, 1.82) is 0 Å². The fraction of sp³-hybridized carbons (Fsp3) is 0.500. The van der Waals surface area contributed by atoms with E-state index in [2.05, 4.69) is 0 Å². The van der Waals surface area contributed by atoms with Gasteiger partial charge in [-0.1, -0.05) is 6.07 Å². The molecule has 1 unspecified atom stereocenters. The number of Topliss-reactive ketones (excluding diaryl/α,β-unsaturated/α-hetero) is 1. The molecule has 1 saturated carbocycles. The smallest absolute Gasteiger partial charge is 0.248 e. The van der Waals surface area contributed by atoms with Gasteiger partial charge in [0.05, 0.1) is 12.8 Å². The highest BCUT2D eigenvalue weighted by molar-refractivity contribution is 6.02. The molecule has 0 saturated heterocycles. The van der Waals surface area contributed by atoms with Crippen LogP contribution in [-0.4, -0.2) is 18.8 Å². The molecule has 1 aromatic rings. The molecule has 1 aromatic carbocycles. The molecule has 0 aromatic heterocycles. The van der Waals surface area contributed by atoms with Crippen LogP contribution in [0.25, 0.3) is 0 Å². The molecule has 0 spiro atoms. The highest BCUT2D eigenvalue weighted by atomic mass is 19.3. The highest BCUT2D eigenvalue weighted by Crippen LogP contribution is 2.41. The predicted molar refractivity (Wildman–Crippen MR) is 68.6 cm³/mol. The molecule has 0 bridgehead atoms. The second-order valence-corrected chi connectivity index (χ2v) is 5.01. The van der Waals surface area contributed by atoms with Crippen LogP contribution in [-0.2, 0) is 0 Å². The second-order valence-electron chi connectivity index (χ2n) is 5.01. The van der Waals surface area contributed by atoms with E-state index in [-0.39, 0.29) is 36.7 Å². The summed E-state index contributed by atoms with van der Waals surface area (Å²) in [7, 11) is 1.47. The minimum atomic E-state index is -2.62. The summed E-state index contributed by atoms with van der Waals surface area (Å²) in [6.07, 6.45) is 0.177. The van der Waals surface area contributed by atoms with Crippen LogP contribution in [0.3, 0.4) is 0 Å². The number of methoxy groups -OCH3 is 1. The number of ketones is 1. The quantitative estimate of drug-likeness (QED) is 0.674. The zero-order valence-electron chi connectivity index (χ0n) is 10.8. The van der Waals surface area contributed by atoms with E-state index in [0.717, 1.165) is 0 Å². The van der Waals surface area contributed by atoms with Crippen LogP contribution in [0.1, 0.15) is 36.0 Å². The van der Waals surface area contributed by atoms with E-state index in [0.29, 0.717) is 17.7 Å². The fourth-order valence-corrected chi connectivity index (χ4v) is 2.55. The number of alkyl halides is 2. The van der Waals surface area contributed by atoms with Gasteiger partial charge in [0, 0.05) is 24.8 Å². The number of halogens is 2. The molecule has 0 aliphatic heterocycles. The average molecular weight is 269 g/mol. The van der Waals surface area contributed by atoms with Gasteiger partial charge in [0.2, 0.25) is 5.92 Å². The number of rotatable bonds is 4. The monoisotopic (exact) mass is 269 g/mol. The van der Waals surface area contributed by atoms with Crippen LogP contribution in [0.4, 0.5) is 14.5 Å². The first-order valence-electron chi connectivity index (χ1n) is 6.26. The lowest BCUT2D eigenvalue weighted by Crippen LogP contribution is -2.13. The van der Waals surface area contributed by atoms with E-state index in [1.54, 1.807) is 18.2 Å². The summed E-state index contributed by atoms with van der Waals surface area (Å²) in [6.45, 7) is 0. The lowest BCUT2D eigenvalue weighted by atomic mass is 9.96. The first-order chi connectivity index (χ1) is 8.93. The normalized spacial score (nSPS) is 21.3. The van der Waals surface area contributed by atoms with Crippen molar-refractivity contribution in [1.82, 2.24) is 0 Å². The van der Waals surface area contributed by atoms with Crippen LogP contribution >= 0.6 is 0 Å². The zero-order chi connectivity index (χ0) is 14.0. The summed E-state index contributed by atoms with van der Waals surface area (Å²) in [4.78, 5) is 12.1. The molecule has 19 heavy (non-hydrogen) atoms. The Morgan fingerprint density at radius 3 is 2.84 bits per heavy atom. The van der Waals surface area contributed by atoms with Gasteiger partial charge < -0.3 is 10.5 Å². The Balaban J connectivity index is 2.09. The van der Waals surface area contributed by atoms with Gasteiger partial charge in [-0.15, -0.1) is 0 Å². The molecule has 1 atom stereocenters. The molecule has 104 valence electrons. The van der Waals surface area contributed by atoms with E-state index >= 15 is 0 Å². The van der Waals surface area contributed by atoms with Gasteiger partial charge >= 0.3 is 0 Å². The van der Waals surface area contributed by atoms with Gasteiger partial charge in [0.1, 0.15) is 5.75 Å². The number of anilines is 1. The van der Waals surface area contributed by atoms with Gasteiger partial charge in [-0.3, -0.25) is 4.79 Å². The molecule has 2 N–H and O–H groups in total. The van der Waals surface area contributed by atoms with E-state index in [9.17, 15) is 13.6 Å². The van der Waals surface area contributed by atoms with Crippen molar-refractivity contribution in [2.45, 2.75) is 31.6 Å². The highest BCUT2D eigenvalue weighted by Gasteiger charge is 2.40. The summed E-state index contributed by atoms with van der Waals surface area (Å²) in [5.74, 6) is -2.64. The number of carbonyl (C=O) groups is 1. The molecule has 1 aliphatic carbocycles. The molecule has 1 fully saturated rings. The molecule has 3 nitrogen and oxygen atoms in total. The van der Waals surface area contributed by atoms with E-state index < -0.39 is 5.92 Å². The van der Waals surface area contributed by atoms with E-state index in [1.165, 1.54) is 7.11 Å². The topological polar surface area (TPSA) is 52.3 Å². The summed E-state index contributed by atoms with van der Waals surface area (Å²) >= 11 is 0. The number of para-hydroxylation sites is 1. The molecule has 1 aliphatic rings. The van der Waals surface area contributed by atoms with Gasteiger partial charge in [-0.2, -0.15) is 0 Å². The van der Waals surface area contributed by atoms with E-state index in [1.807, 2.05) is 0 Å².